The van der Waals surface area contributed by atoms with Gasteiger partial charge >= 0.3 is 0 Å². The number of rotatable bonds is 3. The van der Waals surface area contributed by atoms with Crippen molar-refractivity contribution in [3.63, 3.8) is 0 Å². The van der Waals surface area contributed by atoms with Gasteiger partial charge in [0, 0.05) is 24.2 Å². The zero-order valence-electron chi connectivity index (χ0n) is 12.3. The molecule has 1 saturated heterocycles. The highest BCUT2D eigenvalue weighted by atomic mass is 32.1. The summed E-state index contributed by atoms with van der Waals surface area (Å²) in [6.07, 6.45) is 3.30. The lowest BCUT2D eigenvalue weighted by atomic mass is 9.90. The second-order valence-corrected chi connectivity index (χ2v) is 6.58. The maximum atomic E-state index is 12.4. The van der Waals surface area contributed by atoms with Gasteiger partial charge in [0.05, 0.1) is 0 Å². The first-order valence-corrected chi connectivity index (χ1v) is 8.35. The molecule has 0 N–H and O–H groups in total. The highest BCUT2D eigenvalue weighted by Gasteiger charge is 2.25. The molecule has 1 amide bonds. The fourth-order valence-electron chi connectivity index (χ4n) is 2.88. The van der Waals surface area contributed by atoms with Crippen LogP contribution in [-0.2, 0) is 6.42 Å². The highest BCUT2D eigenvalue weighted by Crippen LogP contribution is 2.23. The van der Waals surface area contributed by atoms with Gasteiger partial charge in [-0.15, -0.1) is 11.3 Å². The van der Waals surface area contributed by atoms with Crippen LogP contribution in [0.5, 0.6) is 0 Å². The van der Waals surface area contributed by atoms with Crippen LogP contribution in [0.1, 0.15) is 33.9 Å². The number of piperidine rings is 1. The molecule has 3 nitrogen and oxygen atoms in total. The number of amides is 1. The number of thiazole rings is 1. The molecule has 1 aromatic heterocycles. The van der Waals surface area contributed by atoms with Crippen molar-refractivity contribution in [3.05, 3.63) is 52.0 Å². The van der Waals surface area contributed by atoms with Crippen molar-refractivity contribution in [2.45, 2.75) is 26.2 Å². The molecule has 0 spiro atoms. The molecule has 0 atom stereocenters. The molecular formula is C17H20N2OS. The van der Waals surface area contributed by atoms with Gasteiger partial charge in [-0.1, -0.05) is 30.3 Å². The van der Waals surface area contributed by atoms with E-state index in [0.29, 0.717) is 10.9 Å². The molecule has 0 unspecified atom stereocenters. The molecule has 0 radical (unpaired) electrons. The topological polar surface area (TPSA) is 33.2 Å². The van der Waals surface area contributed by atoms with Gasteiger partial charge in [-0.2, -0.15) is 0 Å². The van der Waals surface area contributed by atoms with Crippen molar-refractivity contribution in [3.8, 4) is 0 Å². The van der Waals surface area contributed by atoms with Crippen LogP contribution in [0.3, 0.4) is 0 Å². The van der Waals surface area contributed by atoms with Crippen molar-refractivity contribution < 1.29 is 4.79 Å². The quantitative estimate of drug-likeness (QED) is 0.868. The Morgan fingerprint density at radius 1 is 1.29 bits per heavy atom. The summed E-state index contributed by atoms with van der Waals surface area (Å²) in [6.45, 7) is 3.64. The Labute approximate surface area is 129 Å². The summed E-state index contributed by atoms with van der Waals surface area (Å²) in [4.78, 5) is 18.6. The normalized spacial score (nSPS) is 16.1. The van der Waals surface area contributed by atoms with Crippen LogP contribution in [0.15, 0.2) is 35.7 Å². The summed E-state index contributed by atoms with van der Waals surface area (Å²) in [6, 6.07) is 10.6. The second kappa shape index (κ2) is 6.39. The number of hydrogen-bond donors (Lipinski definition) is 0. The van der Waals surface area contributed by atoms with Gasteiger partial charge in [-0.3, -0.25) is 4.79 Å². The van der Waals surface area contributed by atoms with Crippen LogP contribution in [0.25, 0.3) is 0 Å². The maximum Gasteiger partial charge on any atom is 0.282 e. The summed E-state index contributed by atoms with van der Waals surface area (Å²) >= 11 is 1.45. The minimum atomic E-state index is 0.103. The van der Waals surface area contributed by atoms with E-state index < -0.39 is 0 Å². The maximum absolute atomic E-state index is 12.4. The molecule has 3 rings (SSSR count). The van der Waals surface area contributed by atoms with Crippen molar-refractivity contribution in [2.24, 2.45) is 5.92 Å². The molecule has 110 valence electrons. The average Bonchev–Trinajstić information content (AvgIpc) is 2.95. The first-order valence-electron chi connectivity index (χ1n) is 7.47. The van der Waals surface area contributed by atoms with Crippen molar-refractivity contribution >= 4 is 17.2 Å². The van der Waals surface area contributed by atoms with Gasteiger partial charge in [0.15, 0.2) is 5.01 Å². The summed E-state index contributed by atoms with van der Waals surface area (Å²) in [5, 5.41) is 2.57. The molecule has 1 aliphatic rings. The SMILES string of the molecule is Cc1csc(C(=O)N2CCC(Cc3ccccc3)CC2)n1. The van der Waals surface area contributed by atoms with E-state index in [1.54, 1.807) is 0 Å². The zero-order valence-corrected chi connectivity index (χ0v) is 13.1. The minimum absolute atomic E-state index is 0.103. The van der Waals surface area contributed by atoms with E-state index in [1.807, 2.05) is 17.2 Å². The minimum Gasteiger partial charge on any atom is -0.337 e. The molecule has 0 aliphatic carbocycles. The molecular weight excluding hydrogens is 280 g/mol. The fraction of sp³-hybridized carbons (Fsp3) is 0.412. The van der Waals surface area contributed by atoms with Crippen molar-refractivity contribution in [1.82, 2.24) is 9.88 Å². The Balaban J connectivity index is 1.54. The number of carbonyl (C=O) groups is 1. The molecule has 2 aromatic rings. The monoisotopic (exact) mass is 300 g/mol. The Morgan fingerprint density at radius 3 is 2.62 bits per heavy atom. The van der Waals surface area contributed by atoms with Crippen LogP contribution in [0.2, 0.25) is 0 Å². The van der Waals surface area contributed by atoms with Crippen LogP contribution in [-0.4, -0.2) is 28.9 Å². The number of carbonyl (C=O) groups excluding carboxylic acids is 1. The third-order valence-electron chi connectivity index (χ3n) is 4.07. The molecule has 2 heterocycles. The summed E-state index contributed by atoms with van der Waals surface area (Å²) < 4.78 is 0. The number of hydrogen-bond acceptors (Lipinski definition) is 3. The number of aryl methyl sites for hydroxylation is 1. The molecule has 4 heteroatoms. The lowest BCUT2D eigenvalue weighted by Gasteiger charge is -2.31. The number of nitrogens with zero attached hydrogens (tertiary/aromatic N) is 2. The van der Waals surface area contributed by atoms with Gasteiger partial charge in [-0.25, -0.2) is 4.98 Å². The summed E-state index contributed by atoms with van der Waals surface area (Å²) in [7, 11) is 0. The third-order valence-corrected chi connectivity index (χ3v) is 5.02. The van der Waals surface area contributed by atoms with Crippen LogP contribution >= 0.6 is 11.3 Å². The van der Waals surface area contributed by atoms with E-state index >= 15 is 0 Å². The van der Waals surface area contributed by atoms with Crippen molar-refractivity contribution in [1.29, 1.82) is 0 Å². The van der Waals surface area contributed by atoms with E-state index in [1.165, 1.54) is 16.9 Å². The van der Waals surface area contributed by atoms with Crippen LogP contribution in [0.4, 0.5) is 0 Å². The van der Waals surface area contributed by atoms with Crippen LogP contribution in [0, 0.1) is 12.8 Å². The number of likely N-dealkylation sites (tertiary alicyclic amines) is 1. The van der Waals surface area contributed by atoms with Gasteiger partial charge in [0.1, 0.15) is 0 Å². The fourth-order valence-corrected chi connectivity index (χ4v) is 3.64. The van der Waals surface area contributed by atoms with Gasteiger partial charge in [-0.05, 0) is 37.7 Å². The summed E-state index contributed by atoms with van der Waals surface area (Å²) in [5.41, 5.74) is 2.33. The van der Waals surface area contributed by atoms with E-state index in [-0.39, 0.29) is 5.91 Å². The molecule has 1 aromatic carbocycles. The second-order valence-electron chi connectivity index (χ2n) is 5.72. The average molecular weight is 300 g/mol. The lowest BCUT2D eigenvalue weighted by Crippen LogP contribution is -2.38. The summed E-state index contributed by atoms with van der Waals surface area (Å²) in [5.74, 6) is 0.792. The first kappa shape index (κ1) is 14.3. The predicted octanol–water partition coefficient (Wildman–Crippen LogP) is 3.55. The van der Waals surface area contributed by atoms with Gasteiger partial charge in [0.25, 0.3) is 5.91 Å². The van der Waals surface area contributed by atoms with E-state index in [2.05, 4.69) is 35.3 Å². The number of aromatic nitrogens is 1. The molecule has 21 heavy (non-hydrogen) atoms. The molecule has 1 aliphatic heterocycles. The lowest BCUT2D eigenvalue weighted by molar-refractivity contribution is 0.0690. The smallest absolute Gasteiger partial charge is 0.282 e. The molecule has 1 fully saturated rings. The Morgan fingerprint density at radius 2 is 2.00 bits per heavy atom. The van der Waals surface area contributed by atoms with Gasteiger partial charge in [0.2, 0.25) is 0 Å². The largest absolute Gasteiger partial charge is 0.337 e. The standard InChI is InChI=1S/C17H20N2OS/c1-13-12-21-16(18-13)17(20)19-9-7-15(8-10-19)11-14-5-3-2-4-6-14/h2-6,12,15H,7-11H2,1H3. The first-order chi connectivity index (χ1) is 10.2. The number of benzene rings is 1. The molecule has 0 bridgehead atoms. The van der Waals surface area contributed by atoms with E-state index in [4.69, 9.17) is 0 Å². The Hall–Kier alpha value is -1.68. The molecule has 0 saturated carbocycles. The Kier molecular flexibility index (Phi) is 4.34. The Bertz CT molecular complexity index is 600. The third kappa shape index (κ3) is 3.50. The highest BCUT2D eigenvalue weighted by molar-refractivity contribution is 7.11. The predicted molar refractivity (Wildman–Crippen MR) is 85.6 cm³/mol. The van der Waals surface area contributed by atoms with Crippen LogP contribution < -0.4 is 0 Å². The zero-order chi connectivity index (χ0) is 14.7. The van der Waals surface area contributed by atoms with E-state index in [9.17, 15) is 4.79 Å². The van der Waals surface area contributed by atoms with Gasteiger partial charge < -0.3 is 4.90 Å². The van der Waals surface area contributed by atoms with E-state index in [0.717, 1.165) is 38.0 Å². The van der Waals surface area contributed by atoms with Crippen molar-refractivity contribution in [2.75, 3.05) is 13.1 Å².